The van der Waals surface area contributed by atoms with Gasteiger partial charge in [0.05, 0.1) is 12.8 Å². The molecule has 1 fully saturated rings. The molecule has 2 aromatic rings. The SMILES string of the molecule is C[C@]1(c2ccc(Cl)cc2Cl)NC(=O)N(CC(=O)NCc2ccco2)C1=O. The van der Waals surface area contributed by atoms with Crippen LogP contribution in [0.4, 0.5) is 4.79 Å². The second-order valence-corrected chi connectivity index (χ2v) is 6.77. The predicted molar refractivity (Wildman–Crippen MR) is 94.6 cm³/mol. The van der Waals surface area contributed by atoms with Gasteiger partial charge in [-0.05, 0) is 31.2 Å². The van der Waals surface area contributed by atoms with Crippen molar-refractivity contribution in [1.82, 2.24) is 15.5 Å². The van der Waals surface area contributed by atoms with Crippen LogP contribution in [-0.4, -0.2) is 29.3 Å². The van der Waals surface area contributed by atoms with E-state index in [1.54, 1.807) is 24.3 Å². The minimum atomic E-state index is -1.37. The minimum absolute atomic E-state index is 0.162. The van der Waals surface area contributed by atoms with E-state index in [1.165, 1.54) is 19.3 Å². The lowest BCUT2D eigenvalue weighted by Gasteiger charge is -2.23. The zero-order chi connectivity index (χ0) is 18.9. The summed E-state index contributed by atoms with van der Waals surface area (Å²) in [5, 5.41) is 5.84. The van der Waals surface area contributed by atoms with Crippen LogP contribution in [0.25, 0.3) is 0 Å². The highest BCUT2D eigenvalue weighted by Gasteiger charge is 2.50. The van der Waals surface area contributed by atoms with Crippen LogP contribution in [0.3, 0.4) is 0 Å². The zero-order valence-corrected chi connectivity index (χ0v) is 15.2. The van der Waals surface area contributed by atoms with Crippen LogP contribution >= 0.6 is 23.2 Å². The summed E-state index contributed by atoms with van der Waals surface area (Å²) in [6, 6.07) is 7.36. The lowest BCUT2D eigenvalue weighted by atomic mass is 9.92. The Morgan fingerprint density at radius 2 is 2.08 bits per heavy atom. The lowest BCUT2D eigenvalue weighted by Crippen LogP contribution is -2.43. The van der Waals surface area contributed by atoms with Gasteiger partial charge in [-0.1, -0.05) is 29.3 Å². The molecule has 1 aromatic heterocycles. The summed E-state index contributed by atoms with van der Waals surface area (Å²) >= 11 is 12.1. The first-order chi connectivity index (χ1) is 12.3. The number of carbonyl (C=O) groups excluding carboxylic acids is 3. The highest BCUT2D eigenvalue weighted by atomic mass is 35.5. The van der Waals surface area contributed by atoms with Crippen molar-refractivity contribution in [3.63, 3.8) is 0 Å². The maximum absolute atomic E-state index is 12.8. The summed E-state index contributed by atoms with van der Waals surface area (Å²) < 4.78 is 5.11. The third-order valence-corrected chi connectivity index (χ3v) is 4.63. The molecule has 26 heavy (non-hydrogen) atoms. The third kappa shape index (κ3) is 3.40. The highest BCUT2D eigenvalue weighted by Crippen LogP contribution is 2.34. The van der Waals surface area contributed by atoms with E-state index in [0.717, 1.165) is 4.90 Å². The molecule has 4 amide bonds. The number of furan rings is 1. The number of benzene rings is 1. The Kier molecular flexibility index (Phi) is 4.93. The minimum Gasteiger partial charge on any atom is -0.467 e. The second kappa shape index (κ2) is 7.01. The average molecular weight is 396 g/mol. The number of nitrogens with zero attached hydrogens (tertiary/aromatic N) is 1. The van der Waals surface area contributed by atoms with Gasteiger partial charge in [0.1, 0.15) is 17.8 Å². The molecule has 0 spiro atoms. The van der Waals surface area contributed by atoms with Crippen molar-refractivity contribution in [1.29, 1.82) is 0 Å². The maximum Gasteiger partial charge on any atom is 0.325 e. The Labute approximate surface area is 159 Å². The van der Waals surface area contributed by atoms with Crippen molar-refractivity contribution in [2.45, 2.75) is 19.0 Å². The summed E-state index contributed by atoms with van der Waals surface area (Å²) in [4.78, 5) is 38.0. The molecule has 1 aliphatic rings. The summed E-state index contributed by atoms with van der Waals surface area (Å²) in [6.07, 6.45) is 1.49. The van der Waals surface area contributed by atoms with E-state index in [9.17, 15) is 14.4 Å². The Morgan fingerprint density at radius 1 is 1.31 bits per heavy atom. The van der Waals surface area contributed by atoms with Crippen molar-refractivity contribution in [3.8, 4) is 0 Å². The average Bonchev–Trinajstić information content (AvgIpc) is 3.16. The van der Waals surface area contributed by atoms with Gasteiger partial charge in [0.2, 0.25) is 5.91 Å². The van der Waals surface area contributed by atoms with Crippen LogP contribution in [0.1, 0.15) is 18.2 Å². The number of hydrogen-bond acceptors (Lipinski definition) is 4. The molecule has 7 nitrogen and oxygen atoms in total. The van der Waals surface area contributed by atoms with E-state index in [4.69, 9.17) is 27.6 Å². The monoisotopic (exact) mass is 395 g/mol. The lowest BCUT2D eigenvalue weighted by molar-refractivity contribution is -0.134. The van der Waals surface area contributed by atoms with Crippen LogP contribution in [0.5, 0.6) is 0 Å². The molecule has 136 valence electrons. The number of nitrogens with one attached hydrogen (secondary N) is 2. The molecule has 1 aliphatic heterocycles. The quantitative estimate of drug-likeness (QED) is 0.761. The Morgan fingerprint density at radius 3 is 2.73 bits per heavy atom. The Bertz CT molecular complexity index is 869. The van der Waals surface area contributed by atoms with Crippen molar-refractivity contribution in [3.05, 3.63) is 58.0 Å². The number of carbonyl (C=O) groups is 3. The Hall–Kier alpha value is -2.51. The molecule has 3 rings (SSSR count). The summed E-state index contributed by atoms with van der Waals surface area (Å²) in [5.74, 6) is -0.496. The molecule has 0 saturated carbocycles. The number of hydrogen-bond donors (Lipinski definition) is 2. The smallest absolute Gasteiger partial charge is 0.325 e. The Balaban J connectivity index is 1.72. The normalized spacial score (nSPS) is 19.6. The second-order valence-electron chi connectivity index (χ2n) is 5.93. The first kappa shape index (κ1) is 18.3. The van der Waals surface area contributed by atoms with Gasteiger partial charge in [0.15, 0.2) is 0 Å². The van der Waals surface area contributed by atoms with E-state index >= 15 is 0 Å². The predicted octanol–water partition coefficient (Wildman–Crippen LogP) is 2.67. The van der Waals surface area contributed by atoms with Gasteiger partial charge in [-0.3, -0.25) is 14.5 Å². The van der Waals surface area contributed by atoms with Crippen molar-refractivity contribution in [2.24, 2.45) is 0 Å². The fourth-order valence-electron chi connectivity index (χ4n) is 2.72. The topological polar surface area (TPSA) is 91.7 Å². The highest BCUT2D eigenvalue weighted by molar-refractivity contribution is 6.35. The van der Waals surface area contributed by atoms with E-state index in [2.05, 4.69) is 10.6 Å². The van der Waals surface area contributed by atoms with Gasteiger partial charge in [-0.15, -0.1) is 0 Å². The van der Waals surface area contributed by atoms with Gasteiger partial charge in [0, 0.05) is 15.6 Å². The van der Waals surface area contributed by atoms with Crippen LogP contribution in [0, 0.1) is 0 Å². The molecule has 9 heteroatoms. The van der Waals surface area contributed by atoms with E-state index in [0.29, 0.717) is 16.3 Å². The molecule has 1 atom stereocenters. The van der Waals surface area contributed by atoms with Crippen LogP contribution < -0.4 is 10.6 Å². The van der Waals surface area contributed by atoms with Gasteiger partial charge in [-0.25, -0.2) is 4.79 Å². The van der Waals surface area contributed by atoms with Crippen molar-refractivity contribution < 1.29 is 18.8 Å². The van der Waals surface area contributed by atoms with Gasteiger partial charge >= 0.3 is 6.03 Å². The fourth-order valence-corrected chi connectivity index (χ4v) is 3.31. The van der Waals surface area contributed by atoms with E-state index < -0.39 is 29.9 Å². The number of imide groups is 1. The fraction of sp³-hybridized carbons (Fsp3) is 0.235. The molecule has 0 aliphatic carbocycles. The zero-order valence-electron chi connectivity index (χ0n) is 13.7. The van der Waals surface area contributed by atoms with Crippen LogP contribution in [-0.2, 0) is 21.7 Å². The molecule has 0 bridgehead atoms. The summed E-state index contributed by atoms with van der Waals surface area (Å²) in [5.41, 5.74) is -0.972. The molecule has 1 saturated heterocycles. The third-order valence-electron chi connectivity index (χ3n) is 4.09. The number of amides is 4. The van der Waals surface area contributed by atoms with Crippen LogP contribution in [0.15, 0.2) is 41.0 Å². The molecule has 0 radical (unpaired) electrons. The number of halogens is 2. The molecule has 1 aromatic carbocycles. The van der Waals surface area contributed by atoms with Crippen molar-refractivity contribution >= 4 is 41.0 Å². The van der Waals surface area contributed by atoms with Gasteiger partial charge in [0.25, 0.3) is 5.91 Å². The van der Waals surface area contributed by atoms with Crippen LogP contribution in [0.2, 0.25) is 10.0 Å². The molecule has 2 N–H and O–H groups in total. The summed E-state index contributed by atoms with van der Waals surface area (Å²) in [6.45, 7) is 1.28. The van der Waals surface area contributed by atoms with E-state index in [-0.39, 0.29) is 11.6 Å². The molecular weight excluding hydrogens is 381 g/mol. The van der Waals surface area contributed by atoms with E-state index in [1.807, 2.05) is 0 Å². The number of rotatable bonds is 5. The standard InChI is InChI=1S/C17H15Cl2N3O4/c1-17(12-5-4-10(18)7-13(12)19)15(24)22(16(25)21-17)9-14(23)20-8-11-3-2-6-26-11/h2-7H,8-9H2,1H3,(H,20,23)(H,21,25)/t17-/m1/s1. The van der Waals surface area contributed by atoms with Gasteiger partial charge < -0.3 is 15.1 Å². The largest absolute Gasteiger partial charge is 0.467 e. The first-order valence-corrected chi connectivity index (χ1v) is 8.45. The molecule has 0 unspecified atom stereocenters. The molecular formula is C17H15Cl2N3O4. The van der Waals surface area contributed by atoms with Gasteiger partial charge in [-0.2, -0.15) is 0 Å². The van der Waals surface area contributed by atoms with Crippen molar-refractivity contribution in [2.75, 3.05) is 6.54 Å². The molecule has 2 heterocycles. The first-order valence-electron chi connectivity index (χ1n) is 7.70. The summed E-state index contributed by atoms with van der Waals surface area (Å²) in [7, 11) is 0. The maximum atomic E-state index is 12.8. The number of urea groups is 1.